The topological polar surface area (TPSA) is 35.5 Å². The second-order valence-corrected chi connectivity index (χ2v) is 10.3. The van der Waals surface area contributed by atoms with Crippen LogP contribution in [0.2, 0.25) is 19.6 Å². The number of benzene rings is 1. The highest BCUT2D eigenvalue weighted by Crippen LogP contribution is 2.19. The first kappa shape index (κ1) is 17.1. The Labute approximate surface area is 128 Å². The van der Waals surface area contributed by atoms with Crippen LogP contribution in [-0.4, -0.2) is 27.6 Å². The number of hydrogen-bond donors (Lipinski definition) is 0. The van der Waals surface area contributed by atoms with Crippen LogP contribution in [0.1, 0.15) is 12.5 Å². The van der Waals surface area contributed by atoms with Gasteiger partial charge in [0.25, 0.3) is 0 Å². The van der Waals surface area contributed by atoms with Gasteiger partial charge in [0.2, 0.25) is 5.78 Å². The van der Waals surface area contributed by atoms with E-state index in [9.17, 15) is 4.79 Å². The molecule has 21 heavy (non-hydrogen) atoms. The number of hydrogen-bond acceptors (Lipinski definition) is 3. The summed E-state index contributed by atoms with van der Waals surface area (Å²) in [5.41, 5.74) is 4.34. The molecule has 1 aromatic carbocycles. The highest BCUT2D eigenvalue weighted by atomic mass is 28.3. The summed E-state index contributed by atoms with van der Waals surface area (Å²) < 4.78 is 10.4. The van der Waals surface area contributed by atoms with Gasteiger partial charge in [0.05, 0.1) is 25.6 Å². The molecule has 0 N–H and O–H groups in total. The molecule has 0 saturated heterocycles. The largest absolute Gasteiger partial charge is 0.501 e. The molecule has 0 atom stereocenters. The molecule has 112 valence electrons. The van der Waals surface area contributed by atoms with E-state index >= 15 is 0 Å². The zero-order chi connectivity index (χ0) is 15.9. The monoisotopic (exact) mass is 302 g/mol. The van der Waals surface area contributed by atoms with E-state index in [2.05, 4.69) is 31.1 Å². The standard InChI is InChI=1S/C17H22O3Si/c1-6-20-13-16(17(18)11-12-21(3,4)5)14-7-9-15(19-2)10-8-14/h7-10,13H,6H2,1-5H3/b16-13-. The van der Waals surface area contributed by atoms with Crippen molar-refractivity contribution >= 4 is 19.4 Å². The smallest absolute Gasteiger partial charge is 0.238 e. The maximum absolute atomic E-state index is 12.3. The average molecular weight is 302 g/mol. The maximum atomic E-state index is 12.3. The third-order valence-electron chi connectivity index (χ3n) is 2.56. The Hall–Kier alpha value is -1.99. The van der Waals surface area contributed by atoms with Crippen molar-refractivity contribution in [2.45, 2.75) is 26.6 Å². The van der Waals surface area contributed by atoms with Crippen molar-refractivity contribution in [2.24, 2.45) is 0 Å². The summed E-state index contributed by atoms with van der Waals surface area (Å²) in [6, 6.07) is 7.29. The lowest BCUT2D eigenvalue weighted by Gasteiger charge is -2.07. The fourth-order valence-electron chi connectivity index (χ4n) is 1.50. The van der Waals surface area contributed by atoms with Gasteiger partial charge in [-0.15, -0.1) is 5.54 Å². The number of carbonyl (C=O) groups is 1. The lowest BCUT2D eigenvalue weighted by Crippen LogP contribution is -2.17. The van der Waals surface area contributed by atoms with Crippen molar-refractivity contribution in [3.8, 4) is 17.2 Å². The van der Waals surface area contributed by atoms with Gasteiger partial charge in [0.1, 0.15) is 13.8 Å². The van der Waals surface area contributed by atoms with E-state index < -0.39 is 8.07 Å². The number of ketones is 1. The molecule has 0 fully saturated rings. The van der Waals surface area contributed by atoms with Crippen molar-refractivity contribution in [1.82, 2.24) is 0 Å². The van der Waals surface area contributed by atoms with E-state index in [0.717, 1.165) is 11.3 Å². The van der Waals surface area contributed by atoms with Crippen molar-refractivity contribution < 1.29 is 14.3 Å². The number of ether oxygens (including phenoxy) is 2. The highest BCUT2D eigenvalue weighted by molar-refractivity contribution is 6.84. The fourth-order valence-corrected chi connectivity index (χ4v) is 1.99. The van der Waals surface area contributed by atoms with Crippen molar-refractivity contribution in [3.05, 3.63) is 36.1 Å². The molecular weight excluding hydrogens is 280 g/mol. The second-order valence-electron chi connectivity index (χ2n) is 5.54. The number of rotatable bonds is 5. The molecule has 4 heteroatoms. The molecule has 0 spiro atoms. The summed E-state index contributed by atoms with van der Waals surface area (Å²) in [5, 5.41) is 0. The summed E-state index contributed by atoms with van der Waals surface area (Å²) in [5.74, 6) is 3.29. The van der Waals surface area contributed by atoms with Crippen molar-refractivity contribution in [2.75, 3.05) is 13.7 Å². The molecule has 0 amide bonds. The molecule has 0 aliphatic carbocycles. The van der Waals surface area contributed by atoms with Crippen LogP contribution in [0.4, 0.5) is 0 Å². The van der Waals surface area contributed by atoms with Gasteiger partial charge in [-0.25, -0.2) is 0 Å². The van der Waals surface area contributed by atoms with Crippen LogP contribution in [0.25, 0.3) is 5.57 Å². The Kier molecular flexibility index (Phi) is 6.26. The van der Waals surface area contributed by atoms with Crippen LogP contribution < -0.4 is 4.74 Å². The van der Waals surface area contributed by atoms with E-state index in [1.807, 2.05) is 31.2 Å². The highest BCUT2D eigenvalue weighted by Gasteiger charge is 2.13. The summed E-state index contributed by atoms with van der Waals surface area (Å²) >= 11 is 0. The Morgan fingerprint density at radius 3 is 2.33 bits per heavy atom. The van der Waals surface area contributed by atoms with Gasteiger partial charge in [-0.05, 0) is 30.5 Å². The molecule has 0 aliphatic heterocycles. The number of carbonyl (C=O) groups excluding carboxylic acids is 1. The summed E-state index contributed by atoms with van der Waals surface area (Å²) in [7, 11) is 0.0249. The predicted octanol–water partition coefficient (Wildman–Crippen LogP) is 3.52. The summed E-state index contributed by atoms with van der Waals surface area (Å²) in [4.78, 5) is 12.3. The first-order valence-electron chi connectivity index (χ1n) is 6.91. The fraction of sp³-hybridized carbons (Fsp3) is 0.353. The van der Waals surface area contributed by atoms with Gasteiger partial charge in [0.15, 0.2) is 0 Å². The van der Waals surface area contributed by atoms with E-state index in [0.29, 0.717) is 12.2 Å². The van der Waals surface area contributed by atoms with Crippen LogP contribution >= 0.6 is 0 Å². The van der Waals surface area contributed by atoms with Crippen LogP contribution in [-0.2, 0) is 9.53 Å². The molecule has 1 aromatic rings. The number of Topliss-reactive ketones (excluding diaryl/α,β-unsaturated/α-hetero) is 1. The van der Waals surface area contributed by atoms with Gasteiger partial charge < -0.3 is 9.47 Å². The van der Waals surface area contributed by atoms with Crippen molar-refractivity contribution in [3.63, 3.8) is 0 Å². The Morgan fingerprint density at radius 1 is 1.24 bits per heavy atom. The van der Waals surface area contributed by atoms with Gasteiger partial charge in [-0.1, -0.05) is 31.8 Å². The predicted molar refractivity (Wildman–Crippen MR) is 88.7 cm³/mol. The second kappa shape index (κ2) is 7.70. The molecule has 0 bridgehead atoms. The minimum absolute atomic E-state index is 0.212. The molecule has 0 aliphatic rings. The van der Waals surface area contributed by atoms with E-state index in [1.165, 1.54) is 6.26 Å². The molecular formula is C17H22O3Si. The lowest BCUT2D eigenvalue weighted by atomic mass is 10.0. The average Bonchev–Trinajstić information content (AvgIpc) is 2.45. The van der Waals surface area contributed by atoms with E-state index in [-0.39, 0.29) is 5.78 Å². The van der Waals surface area contributed by atoms with Gasteiger partial charge in [-0.2, -0.15) is 0 Å². The normalized spacial score (nSPS) is 11.4. The third-order valence-corrected chi connectivity index (χ3v) is 3.44. The van der Waals surface area contributed by atoms with E-state index in [4.69, 9.17) is 9.47 Å². The SMILES string of the molecule is CCO/C=C(\C(=O)C#C[Si](C)(C)C)c1ccc(OC)cc1. The summed E-state index contributed by atoms with van der Waals surface area (Å²) in [6.45, 7) is 8.69. The van der Waals surface area contributed by atoms with Crippen LogP contribution in [0.3, 0.4) is 0 Å². The minimum Gasteiger partial charge on any atom is -0.501 e. The summed E-state index contributed by atoms with van der Waals surface area (Å²) in [6.07, 6.45) is 1.49. The lowest BCUT2D eigenvalue weighted by molar-refractivity contribution is -0.109. The quantitative estimate of drug-likeness (QED) is 0.361. The van der Waals surface area contributed by atoms with Crippen molar-refractivity contribution in [1.29, 1.82) is 0 Å². The molecule has 0 saturated carbocycles. The number of methoxy groups -OCH3 is 1. The van der Waals surface area contributed by atoms with Gasteiger partial charge >= 0.3 is 0 Å². The van der Waals surface area contributed by atoms with Crippen LogP contribution in [0.5, 0.6) is 5.75 Å². The molecule has 0 heterocycles. The molecule has 0 unspecified atom stereocenters. The Morgan fingerprint density at radius 2 is 1.86 bits per heavy atom. The Bertz CT molecular complexity index is 569. The number of allylic oxidation sites excluding steroid dienone is 1. The molecule has 1 rings (SSSR count). The van der Waals surface area contributed by atoms with Gasteiger partial charge in [0, 0.05) is 0 Å². The molecule has 0 radical (unpaired) electrons. The van der Waals surface area contributed by atoms with Crippen LogP contribution in [0.15, 0.2) is 30.5 Å². The zero-order valence-electron chi connectivity index (χ0n) is 13.3. The van der Waals surface area contributed by atoms with E-state index in [1.54, 1.807) is 7.11 Å². The van der Waals surface area contributed by atoms with Crippen LogP contribution in [0, 0.1) is 11.5 Å². The first-order valence-corrected chi connectivity index (χ1v) is 10.4. The first-order chi connectivity index (χ1) is 9.87. The third kappa shape index (κ3) is 5.88. The maximum Gasteiger partial charge on any atom is 0.238 e. The minimum atomic E-state index is -1.58. The zero-order valence-corrected chi connectivity index (χ0v) is 14.3. The molecule has 3 nitrogen and oxygen atoms in total. The van der Waals surface area contributed by atoms with Gasteiger partial charge in [-0.3, -0.25) is 4.79 Å². The Balaban J connectivity index is 3.10. The molecule has 0 aromatic heterocycles.